The number of esters is 1. The van der Waals surface area contributed by atoms with Gasteiger partial charge in [-0.05, 0) is 49.2 Å². The van der Waals surface area contributed by atoms with Gasteiger partial charge in [-0.25, -0.2) is 22.3 Å². The normalized spacial score (nSPS) is 16.9. The predicted octanol–water partition coefficient (Wildman–Crippen LogP) is 3.29. The molecule has 1 fully saturated rings. The molecule has 2 aromatic rings. The van der Waals surface area contributed by atoms with Gasteiger partial charge in [0.15, 0.2) is 0 Å². The van der Waals surface area contributed by atoms with Crippen LogP contribution in [-0.4, -0.2) is 33.6 Å². The molecular weight excluding hydrogens is 409 g/mol. The molecule has 150 valence electrons. The highest BCUT2D eigenvalue weighted by Crippen LogP contribution is 2.19. The maximum absolute atomic E-state index is 13.0. The van der Waals surface area contributed by atoms with E-state index in [9.17, 15) is 17.6 Å². The van der Waals surface area contributed by atoms with Gasteiger partial charge in [0.1, 0.15) is 12.4 Å². The average Bonchev–Trinajstić information content (AvgIpc) is 3.19. The molecule has 0 radical (unpaired) electrons. The molecule has 1 N–H and O–H groups in total. The first-order valence-electron chi connectivity index (χ1n) is 8.67. The summed E-state index contributed by atoms with van der Waals surface area (Å²) in [7, 11) is -3.69. The van der Waals surface area contributed by atoms with E-state index in [1.165, 1.54) is 36.4 Å². The molecular formula is C19H19ClFNO5S. The number of hydrogen-bond donors (Lipinski definition) is 1. The van der Waals surface area contributed by atoms with Crippen molar-refractivity contribution in [3.63, 3.8) is 0 Å². The Bertz CT molecular complexity index is 943. The molecule has 0 spiro atoms. The van der Waals surface area contributed by atoms with Crippen LogP contribution in [0.15, 0.2) is 47.4 Å². The Kier molecular flexibility index (Phi) is 6.66. The minimum Gasteiger partial charge on any atom is -0.457 e. The fourth-order valence-corrected chi connectivity index (χ4v) is 4.01. The molecule has 1 heterocycles. The number of ether oxygens (including phenoxy) is 2. The van der Waals surface area contributed by atoms with E-state index in [0.29, 0.717) is 12.2 Å². The second-order valence-corrected chi connectivity index (χ2v) is 8.50. The molecule has 3 rings (SSSR count). The number of benzene rings is 2. The summed E-state index contributed by atoms with van der Waals surface area (Å²) in [6.07, 6.45) is 1.64. The van der Waals surface area contributed by atoms with E-state index >= 15 is 0 Å². The molecule has 1 saturated heterocycles. The number of carbonyl (C=O) groups excluding carboxylic acids is 1. The second-order valence-electron chi connectivity index (χ2n) is 6.32. The number of sulfonamides is 1. The largest absolute Gasteiger partial charge is 0.457 e. The lowest BCUT2D eigenvalue weighted by Crippen LogP contribution is -2.31. The van der Waals surface area contributed by atoms with Crippen molar-refractivity contribution in [2.75, 3.05) is 13.2 Å². The maximum atomic E-state index is 13.0. The Balaban J connectivity index is 1.58. The zero-order valence-corrected chi connectivity index (χ0v) is 16.4. The average molecular weight is 428 g/mol. The Morgan fingerprint density at radius 1 is 1.25 bits per heavy atom. The molecule has 1 aliphatic rings. The summed E-state index contributed by atoms with van der Waals surface area (Å²) >= 11 is 5.89. The van der Waals surface area contributed by atoms with Gasteiger partial charge in [0.2, 0.25) is 10.0 Å². The lowest BCUT2D eigenvalue weighted by atomic mass is 10.2. The van der Waals surface area contributed by atoms with Crippen molar-refractivity contribution in [2.24, 2.45) is 0 Å². The third-order valence-electron chi connectivity index (χ3n) is 4.30. The van der Waals surface area contributed by atoms with Gasteiger partial charge in [-0.2, -0.15) is 0 Å². The molecule has 1 unspecified atom stereocenters. The van der Waals surface area contributed by atoms with Gasteiger partial charge < -0.3 is 9.47 Å². The topological polar surface area (TPSA) is 81.7 Å². The third-order valence-corrected chi connectivity index (χ3v) is 6.09. The van der Waals surface area contributed by atoms with Gasteiger partial charge in [-0.1, -0.05) is 17.7 Å². The maximum Gasteiger partial charge on any atom is 0.338 e. The van der Waals surface area contributed by atoms with Crippen LogP contribution in [0.1, 0.15) is 28.8 Å². The molecule has 1 aliphatic heterocycles. The van der Waals surface area contributed by atoms with Crippen molar-refractivity contribution < 1.29 is 27.1 Å². The van der Waals surface area contributed by atoms with Gasteiger partial charge >= 0.3 is 5.97 Å². The van der Waals surface area contributed by atoms with Gasteiger partial charge in [-0.3, -0.25) is 0 Å². The standard InChI is InChI=1S/C19H19ClFNO5S/c20-18-10-15(21)6-3-14(18)12-27-19(23)13-4-7-17(8-5-13)28(24,25)22-11-16-2-1-9-26-16/h3-8,10,16,22H,1-2,9,11-12H2. The first-order valence-corrected chi connectivity index (χ1v) is 10.5. The molecule has 0 aliphatic carbocycles. The quantitative estimate of drug-likeness (QED) is 0.686. The van der Waals surface area contributed by atoms with E-state index in [1.54, 1.807) is 0 Å². The molecule has 2 aromatic carbocycles. The van der Waals surface area contributed by atoms with Crippen LogP contribution < -0.4 is 4.72 Å². The smallest absolute Gasteiger partial charge is 0.338 e. The predicted molar refractivity (Wildman–Crippen MR) is 101 cm³/mol. The van der Waals surface area contributed by atoms with Crippen molar-refractivity contribution in [3.05, 3.63) is 64.4 Å². The molecule has 0 bridgehead atoms. The number of nitrogens with one attached hydrogen (secondary N) is 1. The summed E-state index contributed by atoms with van der Waals surface area (Å²) in [5.74, 6) is -1.12. The van der Waals surface area contributed by atoms with Crippen molar-refractivity contribution in [3.8, 4) is 0 Å². The van der Waals surface area contributed by atoms with Crippen LogP contribution in [0, 0.1) is 5.82 Å². The van der Waals surface area contributed by atoms with Crippen LogP contribution in [0.2, 0.25) is 5.02 Å². The minimum absolute atomic E-state index is 0.0450. The van der Waals surface area contributed by atoms with Gasteiger partial charge in [-0.15, -0.1) is 0 Å². The van der Waals surface area contributed by atoms with E-state index in [0.717, 1.165) is 18.9 Å². The summed E-state index contributed by atoms with van der Waals surface area (Å²) in [5.41, 5.74) is 0.658. The zero-order chi connectivity index (χ0) is 20.1. The fourth-order valence-electron chi connectivity index (χ4n) is 2.73. The van der Waals surface area contributed by atoms with Crippen molar-refractivity contribution in [2.45, 2.75) is 30.4 Å². The van der Waals surface area contributed by atoms with E-state index in [1.807, 2.05) is 0 Å². The summed E-state index contributed by atoms with van der Waals surface area (Å²) in [4.78, 5) is 12.2. The Morgan fingerprint density at radius 2 is 2.00 bits per heavy atom. The SMILES string of the molecule is O=C(OCc1ccc(F)cc1Cl)c1ccc(S(=O)(=O)NCC2CCCO2)cc1. The number of hydrogen-bond acceptors (Lipinski definition) is 5. The van der Waals surface area contributed by atoms with E-state index in [2.05, 4.69) is 4.72 Å². The lowest BCUT2D eigenvalue weighted by molar-refractivity contribution is 0.0472. The molecule has 0 saturated carbocycles. The molecule has 6 nitrogen and oxygen atoms in total. The highest BCUT2D eigenvalue weighted by atomic mass is 35.5. The molecule has 1 atom stereocenters. The Morgan fingerprint density at radius 3 is 2.64 bits per heavy atom. The fraction of sp³-hybridized carbons (Fsp3) is 0.316. The summed E-state index contributed by atoms with van der Waals surface area (Å²) in [6, 6.07) is 9.19. The van der Waals surface area contributed by atoms with Crippen molar-refractivity contribution in [1.82, 2.24) is 4.72 Å². The monoisotopic (exact) mass is 427 g/mol. The van der Waals surface area contributed by atoms with Crippen LogP contribution >= 0.6 is 11.6 Å². The summed E-state index contributed by atoms with van der Waals surface area (Å²) in [6.45, 7) is 0.734. The van der Waals surface area contributed by atoms with Crippen molar-refractivity contribution >= 4 is 27.6 Å². The lowest BCUT2D eigenvalue weighted by Gasteiger charge is -2.12. The number of carbonyl (C=O) groups is 1. The number of rotatable bonds is 7. The molecule has 28 heavy (non-hydrogen) atoms. The second kappa shape index (κ2) is 9.00. The molecule has 0 amide bonds. The molecule has 0 aromatic heterocycles. The van der Waals surface area contributed by atoms with Crippen molar-refractivity contribution in [1.29, 1.82) is 0 Å². The van der Waals surface area contributed by atoms with E-state index in [4.69, 9.17) is 21.1 Å². The first-order chi connectivity index (χ1) is 13.3. The van der Waals surface area contributed by atoms with Gasteiger partial charge in [0, 0.05) is 18.7 Å². The highest BCUT2D eigenvalue weighted by Gasteiger charge is 2.20. The van der Waals surface area contributed by atoms with Crippen LogP contribution in [0.25, 0.3) is 0 Å². The summed E-state index contributed by atoms with van der Waals surface area (Å²) in [5, 5.41) is 0.159. The number of halogens is 2. The Hall–Kier alpha value is -2.00. The highest BCUT2D eigenvalue weighted by molar-refractivity contribution is 7.89. The van der Waals surface area contributed by atoms with E-state index in [-0.39, 0.29) is 34.7 Å². The molecule has 9 heteroatoms. The third kappa shape index (κ3) is 5.29. The van der Waals surface area contributed by atoms with Gasteiger partial charge in [0.05, 0.1) is 21.6 Å². The van der Waals surface area contributed by atoms with Crippen LogP contribution in [0.3, 0.4) is 0 Å². The first kappa shape index (κ1) is 20.7. The zero-order valence-electron chi connectivity index (χ0n) is 14.9. The summed E-state index contributed by atoms with van der Waals surface area (Å²) < 4.78 is 50.7. The Labute approximate surface area is 167 Å². The minimum atomic E-state index is -3.69. The van der Waals surface area contributed by atoms with E-state index < -0.39 is 21.8 Å². The van der Waals surface area contributed by atoms with Crippen LogP contribution in [0.5, 0.6) is 0 Å². The van der Waals surface area contributed by atoms with Crippen LogP contribution in [-0.2, 0) is 26.1 Å². The van der Waals surface area contributed by atoms with Gasteiger partial charge in [0.25, 0.3) is 0 Å². The van der Waals surface area contributed by atoms with Crippen LogP contribution in [0.4, 0.5) is 4.39 Å².